The van der Waals surface area contributed by atoms with Crippen LogP contribution >= 0.6 is 0 Å². The quantitative estimate of drug-likeness (QED) is 0.691. The molecular formula is C25H31N3O2. The molecule has 2 aromatic carbocycles. The first-order valence-corrected chi connectivity index (χ1v) is 10.6. The lowest BCUT2D eigenvalue weighted by Crippen LogP contribution is -2.37. The van der Waals surface area contributed by atoms with Gasteiger partial charge in [0.1, 0.15) is 5.69 Å². The maximum Gasteiger partial charge on any atom is 0.270 e. The SMILES string of the molecule is CN(Cc1ccccc1N1CCOCC1)C(=O)c1cc2cc(C(C)(C)C)ccc2[nH]1. The lowest BCUT2D eigenvalue weighted by atomic mass is 9.86. The van der Waals surface area contributed by atoms with E-state index < -0.39 is 0 Å². The Kier molecular flexibility index (Phi) is 5.56. The van der Waals surface area contributed by atoms with Crippen molar-refractivity contribution in [1.29, 1.82) is 0 Å². The predicted molar refractivity (Wildman–Crippen MR) is 122 cm³/mol. The largest absolute Gasteiger partial charge is 0.378 e. The van der Waals surface area contributed by atoms with Gasteiger partial charge in [-0.05, 0) is 40.8 Å². The molecule has 0 unspecified atom stereocenters. The molecule has 3 aromatic rings. The number of carbonyl (C=O) groups excluding carboxylic acids is 1. The third kappa shape index (κ3) is 4.21. The minimum absolute atomic E-state index is 0.000268. The summed E-state index contributed by atoms with van der Waals surface area (Å²) in [5, 5.41) is 1.08. The summed E-state index contributed by atoms with van der Waals surface area (Å²) in [5.74, 6) is 0.000268. The lowest BCUT2D eigenvalue weighted by Gasteiger charge is -2.31. The second kappa shape index (κ2) is 8.15. The smallest absolute Gasteiger partial charge is 0.270 e. The molecular weight excluding hydrogens is 374 g/mol. The van der Waals surface area contributed by atoms with E-state index in [9.17, 15) is 4.79 Å². The number of para-hydroxylation sites is 1. The first-order chi connectivity index (χ1) is 14.3. The number of amides is 1. The Morgan fingerprint density at radius 2 is 1.83 bits per heavy atom. The van der Waals surface area contributed by atoms with Crippen LogP contribution in [0.1, 0.15) is 42.4 Å². The highest BCUT2D eigenvalue weighted by Crippen LogP contribution is 2.27. The third-order valence-electron chi connectivity index (χ3n) is 5.81. The second-order valence-corrected chi connectivity index (χ2v) is 9.12. The highest BCUT2D eigenvalue weighted by Gasteiger charge is 2.20. The number of benzene rings is 2. The van der Waals surface area contributed by atoms with E-state index in [-0.39, 0.29) is 11.3 Å². The number of nitrogens with one attached hydrogen (secondary N) is 1. The van der Waals surface area contributed by atoms with Crippen molar-refractivity contribution in [2.24, 2.45) is 0 Å². The van der Waals surface area contributed by atoms with Crippen molar-refractivity contribution in [3.8, 4) is 0 Å². The zero-order valence-corrected chi connectivity index (χ0v) is 18.4. The van der Waals surface area contributed by atoms with Crippen LogP contribution in [0.25, 0.3) is 10.9 Å². The summed E-state index contributed by atoms with van der Waals surface area (Å²) in [7, 11) is 1.87. The van der Waals surface area contributed by atoms with Crippen molar-refractivity contribution in [2.45, 2.75) is 32.7 Å². The summed E-state index contributed by atoms with van der Waals surface area (Å²) in [6.45, 7) is 10.4. The van der Waals surface area contributed by atoms with Gasteiger partial charge in [-0.15, -0.1) is 0 Å². The molecule has 30 heavy (non-hydrogen) atoms. The van der Waals surface area contributed by atoms with Crippen molar-refractivity contribution in [3.05, 3.63) is 65.4 Å². The number of aromatic nitrogens is 1. The van der Waals surface area contributed by atoms with E-state index in [1.165, 1.54) is 11.3 Å². The number of nitrogens with zero attached hydrogens (tertiary/aromatic N) is 2. The van der Waals surface area contributed by atoms with Crippen LogP contribution in [-0.4, -0.2) is 49.1 Å². The van der Waals surface area contributed by atoms with Crippen LogP contribution in [0, 0.1) is 0 Å². The first-order valence-electron chi connectivity index (χ1n) is 10.6. The minimum Gasteiger partial charge on any atom is -0.378 e. The molecule has 0 radical (unpaired) electrons. The molecule has 1 fully saturated rings. The average Bonchev–Trinajstić information content (AvgIpc) is 3.17. The summed E-state index contributed by atoms with van der Waals surface area (Å²) >= 11 is 0. The fraction of sp³-hybridized carbons (Fsp3) is 0.400. The highest BCUT2D eigenvalue weighted by atomic mass is 16.5. The number of fused-ring (bicyclic) bond motifs is 1. The van der Waals surface area contributed by atoms with Crippen LogP contribution in [-0.2, 0) is 16.7 Å². The fourth-order valence-electron chi connectivity index (χ4n) is 4.00. The normalized spacial score (nSPS) is 14.9. The maximum absolute atomic E-state index is 13.1. The molecule has 1 aromatic heterocycles. The van der Waals surface area contributed by atoms with Crippen molar-refractivity contribution >= 4 is 22.5 Å². The van der Waals surface area contributed by atoms with Crippen LogP contribution in [0.5, 0.6) is 0 Å². The average molecular weight is 406 g/mol. The van der Waals surface area contributed by atoms with Gasteiger partial charge in [-0.1, -0.05) is 45.0 Å². The third-order valence-corrected chi connectivity index (χ3v) is 5.81. The zero-order chi connectivity index (χ0) is 21.3. The molecule has 5 heteroatoms. The molecule has 1 saturated heterocycles. The number of rotatable bonds is 4. The summed E-state index contributed by atoms with van der Waals surface area (Å²) in [5.41, 5.74) is 5.31. The van der Waals surface area contributed by atoms with Crippen LogP contribution < -0.4 is 4.90 Å². The van der Waals surface area contributed by atoms with Crippen LogP contribution in [0.2, 0.25) is 0 Å². The lowest BCUT2D eigenvalue weighted by molar-refractivity contribution is 0.0780. The van der Waals surface area contributed by atoms with Crippen LogP contribution in [0.3, 0.4) is 0 Å². The molecule has 5 nitrogen and oxygen atoms in total. The fourth-order valence-corrected chi connectivity index (χ4v) is 4.00. The summed E-state index contributed by atoms with van der Waals surface area (Å²) in [4.78, 5) is 20.6. The van der Waals surface area contributed by atoms with Gasteiger partial charge in [0.05, 0.1) is 13.2 Å². The summed E-state index contributed by atoms with van der Waals surface area (Å²) in [6.07, 6.45) is 0. The van der Waals surface area contributed by atoms with Gasteiger partial charge in [0, 0.05) is 43.3 Å². The molecule has 0 aliphatic carbocycles. The first kappa shape index (κ1) is 20.5. The predicted octanol–water partition coefficient (Wildman–Crippen LogP) is 4.57. The van der Waals surface area contributed by atoms with Crippen molar-refractivity contribution in [2.75, 3.05) is 38.3 Å². The van der Waals surface area contributed by atoms with E-state index in [1.54, 1.807) is 4.90 Å². The van der Waals surface area contributed by atoms with Crippen LogP contribution in [0.15, 0.2) is 48.5 Å². The Hall–Kier alpha value is -2.79. The summed E-state index contributed by atoms with van der Waals surface area (Å²) < 4.78 is 5.49. The van der Waals surface area contributed by atoms with E-state index in [2.05, 4.69) is 67.1 Å². The number of morpholine rings is 1. The zero-order valence-electron chi connectivity index (χ0n) is 18.4. The molecule has 2 heterocycles. The Morgan fingerprint density at radius 3 is 2.57 bits per heavy atom. The van der Waals surface area contributed by atoms with Gasteiger partial charge in [0.25, 0.3) is 5.91 Å². The van der Waals surface area contributed by atoms with Gasteiger partial charge in [-0.3, -0.25) is 4.79 Å². The molecule has 1 N–H and O–H groups in total. The molecule has 0 bridgehead atoms. The number of aromatic amines is 1. The molecule has 0 saturated carbocycles. The number of H-pyrrole nitrogens is 1. The van der Waals surface area contributed by atoms with Gasteiger partial charge >= 0.3 is 0 Å². The molecule has 1 aliphatic rings. The van der Waals surface area contributed by atoms with Gasteiger partial charge < -0.3 is 19.5 Å². The van der Waals surface area contributed by atoms with Gasteiger partial charge in [-0.2, -0.15) is 0 Å². The minimum atomic E-state index is 0.000268. The number of carbonyl (C=O) groups is 1. The molecule has 1 aliphatic heterocycles. The van der Waals surface area contributed by atoms with Gasteiger partial charge in [-0.25, -0.2) is 0 Å². The summed E-state index contributed by atoms with van der Waals surface area (Å²) in [6, 6.07) is 16.7. The molecule has 158 valence electrons. The number of hydrogen-bond acceptors (Lipinski definition) is 3. The Balaban J connectivity index is 1.54. The van der Waals surface area contributed by atoms with Crippen molar-refractivity contribution < 1.29 is 9.53 Å². The molecule has 0 atom stereocenters. The Labute approximate surface area is 178 Å². The molecule has 1 amide bonds. The van der Waals surface area contributed by atoms with Gasteiger partial charge in [0.2, 0.25) is 0 Å². The van der Waals surface area contributed by atoms with Crippen molar-refractivity contribution in [1.82, 2.24) is 9.88 Å². The molecule has 0 spiro atoms. The van der Waals surface area contributed by atoms with Gasteiger partial charge in [0.15, 0.2) is 0 Å². The van der Waals surface area contributed by atoms with E-state index in [4.69, 9.17) is 4.74 Å². The Morgan fingerprint density at radius 1 is 1.10 bits per heavy atom. The number of hydrogen-bond donors (Lipinski definition) is 1. The topological polar surface area (TPSA) is 48.6 Å². The number of anilines is 1. The van der Waals surface area contributed by atoms with Crippen molar-refractivity contribution in [3.63, 3.8) is 0 Å². The highest BCUT2D eigenvalue weighted by molar-refractivity contribution is 5.98. The van der Waals surface area contributed by atoms with Crippen LogP contribution in [0.4, 0.5) is 5.69 Å². The second-order valence-electron chi connectivity index (χ2n) is 9.12. The van der Waals surface area contributed by atoms with E-state index in [0.717, 1.165) is 42.8 Å². The molecule has 4 rings (SSSR count). The van der Waals surface area contributed by atoms with E-state index in [0.29, 0.717) is 12.2 Å². The Bertz CT molecular complexity index is 1040. The van der Waals surface area contributed by atoms with E-state index >= 15 is 0 Å². The monoisotopic (exact) mass is 405 g/mol. The maximum atomic E-state index is 13.1. The number of ether oxygens (including phenoxy) is 1. The van der Waals surface area contributed by atoms with E-state index in [1.807, 2.05) is 19.2 Å². The standard InChI is InChI=1S/C25H31N3O2/c1-25(2,3)20-9-10-21-19(15-20)16-22(26-21)24(29)27(4)17-18-7-5-6-8-23(18)28-11-13-30-14-12-28/h5-10,15-16,26H,11-14,17H2,1-4H3.